The lowest BCUT2D eigenvalue weighted by Crippen LogP contribution is -2.36. The van der Waals surface area contributed by atoms with Crippen molar-refractivity contribution in [2.75, 3.05) is 11.4 Å². The average Bonchev–Trinajstić information content (AvgIpc) is 2.59. The number of anilines is 1. The molecule has 5 heteroatoms. The molecule has 118 valence electrons. The summed E-state index contributed by atoms with van der Waals surface area (Å²) in [5.74, 6) is -1.00. The Morgan fingerprint density at radius 1 is 1.13 bits per heavy atom. The molecule has 0 saturated carbocycles. The number of carbonyl (C=O) groups is 2. The number of carboxylic acid groups (broad SMARTS) is 1. The molecule has 1 N–H and O–H groups in total. The van der Waals surface area contributed by atoms with Gasteiger partial charge in [-0.1, -0.05) is 36.4 Å². The second kappa shape index (κ2) is 6.52. The van der Waals surface area contributed by atoms with Crippen molar-refractivity contribution in [2.24, 2.45) is 0 Å². The fourth-order valence-electron chi connectivity index (χ4n) is 2.69. The third-order valence-corrected chi connectivity index (χ3v) is 3.88. The maximum atomic E-state index is 12.4. The molecule has 1 aliphatic heterocycles. The number of carboxylic acids is 1. The Balaban J connectivity index is 1.77. The molecule has 1 aliphatic rings. The van der Waals surface area contributed by atoms with E-state index in [9.17, 15) is 9.59 Å². The highest BCUT2D eigenvalue weighted by Crippen LogP contribution is 2.29. The molecule has 3 rings (SSSR count). The van der Waals surface area contributed by atoms with Crippen LogP contribution in [0.15, 0.2) is 48.5 Å². The van der Waals surface area contributed by atoms with Crippen molar-refractivity contribution in [1.29, 1.82) is 0 Å². The largest absolute Gasteiger partial charge is 0.478 e. The molecule has 0 spiro atoms. The molecular weight excluding hydrogens is 294 g/mol. The Kier molecular flexibility index (Phi) is 4.28. The number of fused-ring (bicyclic) bond motifs is 1. The molecule has 23 heavy (non-hydrogen) atoms. The summed E-state index contributed by atoms with van der Waals surface area (Å²) >= 11 is 0. The van der Waals surface area contributed by atoms with Crippen LogP contribution in [0.25, 0.3) is 0 Å². The van der Waals surface area contributed by atoms with Crippen molar-refractivity contribution in [3.05, 3.63) is 65.2 Å². The van der Waals surface area contributed by atoms with Crippen LogP contribution in [0.3, 0.4) is 0 Å². The van der Waals surface area contributed by atoms with Crippen LogP contribution in [0.1, 0.15) is 27.9 Å². The van der Waals surface area contributed by atoms with Crippen LogP contribution in [0.5, 0.6) is 0 Å². The van der Waals surface area contributed by atoms with E-state index >= 15 is 0 Å². The van der Waals surface area contributed by atoms with Gasteiger partial charge in [-0.25, -0.2) is 9.59 Å². The van der Waals surface area contributed by atoms with E-state index in [1.165, 1.54) is 4.90 Å². The van der Waals surface area contributed by atoms with Crippen LogP contribution >= 0.6 is 0 Å². The monoisotopic (exact) mass is 311 g/mol. The van der Waals surface area contributed by atoms with E-state index < -0.39 is 12.1 Å². The smallest absolute Gasteiger partial charge is 0.414 e. The highest BCUT2D eigenvalue weighted by Gasteiger charge is 2.24. The van der Waals surface area contributed by atoms with Gasteiger partial charge in [-0.2, -0.15) is 0 Å². The fraction of sp³-hybridized carbons (Fsp3) is 0.222. The fourth-order valence-corrected chi connectivity index (χ4v) is 2.69. The molecule has 0 unspecified atom stereocenters. The van der Waals surface area contributed by atoms with E-state index in [0.717, 1.165) is 24.0 Å². The van der Waals surface area contributed by atoms with Gasteiger partial charge in [-0.15, -0.1) is 0 Å². The van der Waals surface area contributed by atoms with Gasteiger partial charge >= 0.3 is 12.1 Å². The summed E-state index contributed by atoms with van der Waals surface area (Å²) in [6.07, 6.45) is 1.22. The Bertz CT molecular complexity index is 727. The minimum atomic E-state index is -1.00. The first-order chi connectivity index (χ1) is 11.1. The molecule has 0 saturated heterocycles. The number of hydrogen-bond acceptors (Lipinski definition) is 3. The van der Waals surface area contributed by atoms with E-state index in [1.54, 1.807) is 18.2 Å². The maximum Gasteiger partial charge on any atom is 0.414 e. The number of benzene rings is 2. The summed E-state index contributed by atoms with van der Waals surface area (Å²) in [5.41, 5.74) is 2.69. The Hall–Kier alpha value is -2.82. The quantitative estimate of drug-likeness (QED) is 0.942. The summed E-state index contributed by atoms with van der Waals surface area (Å²) in [6, 6.07) is 14.3. The lowest BCUT2D eigenvalue weighted by Gasteiger charge is -2.29. The van der Waals surface area contributed by atoms with E-state index in [1.807, 2.05) is 30.3 Å². The number of amides is 1. The molecule has 0 radical (unpaired) electrons. The van der Waals surface area contributed by atoms with Gasteiger partial charge in [0, 0.05) is 6.54 Å². The third kappa shape index (κ3) is 3.34. The van der Waals surface area contributed by atoms with Crippen molar-refractivity contribution in [2.45, 2.75) is 19.4 Å². The summed E-state index contributed by atoms with van der Waals surface area (Å²) in [4.78, 5) is 25.0. The van der Waals surface area contributed by atoms with E-state index in [-0.39, 0.29) is 12.2 Å². The van der Waals surface area contributed by atoms with E-state index in [2.05, 4.69) is 0 Å². The van der Waals surface area contributed by atoms with Crippen molar-refractivity contribution in [3.63, 3.8) is 0 Å². The van der Waals surface area contributed by atoms with Gasteiger partial charge in [0.05, 0.1) is 11.3 Å². The second-order valence-corrected chi connectivity index (χ2v) is 5.44. The van der Waals surface area contributed by atoms with E-state index in [0.29, 0.717) is 12.2 Å². The van der Waals surface area contributed by atoms with Crippen molar-refractivity contribution < 1.29 is 19.4 Å². The molecular formula is C18H17NO4. The van der Waals surface area contributed by atoms with Gasteiger partial charge in [0.1, 0.15) is 6.61 Å². The van der Waals surface area contributed by atoms with Crippen molar-refractivity contribution in [3.8, 4) is 0 Å². The second-order valence-electron chi connectivity index (χ2n) is 5.44. The summed E-state index contributed by atoms with van der Waals surface area (Å²) in [6.45, 7) is 0.730. The molecule has 1 heterocycles. The molecule has 0 atom stereocenters. The SMILES string of the molecule is O=C(O)c1ccc2c(c1)N(C(=O)OCc1ccccc1)CCC2. The van der Waals surface area contributed by atoms with Crippen LogP contribution in [-0.4, -0.2) is 23.7 Å². The molecule has 2 aromatic rings. The lowest BCUT2D eigenvalue weighted by atomic mass is 10.00. The third-order valence-electron chi connectivity index (χ3n) is 3.88. The van der Waals surface area contributed by atoms with Gasteiger partial charge in [0.25, 0.3) is 0 Å². The van der Waals surface area contributed by atoms with Gasteiger partial charge < -0.3 is 9.84 Å². The molecule has 0 fully saturated rings. The highest BCUT2D eigenvalue weighted by atomic mass is 16.6. The van der Waals surface area contributed by atoms with Gasteiger partial charge in [0.15, 0.2) is 0 Å². The zero-order chi connectivity index (χ0) is 16.2. The van der Waals surface area contributed by atoms with Crippen molar-refractivity contribution in [1.82, 2.24) is 0 Å². The number of ether oxygens (including phenoxy) is 1. The summed E-state index contributed by atoms with van der Waals surface area (Å²) < 4.78 is 5.36. The topological polar surface area (TPSA) is 66.8 Å². The number of carbonyl (C=O) groups excluding carboxylic acids is 1. The molecule has 0 bridgehead atoms. The minimum Gasteiger partial charge on any atom is -0.478 e. The minimum absolute atomic E-state index is 0.173. The molecule has 0 aromatic heterocycles. The number of aromatic carboxylic acids is 1. The molecule has 2 aromatic carbocycles. The predicted molar refractivity (Wildman–Crippen MR) is 85.7 cm³/mol. The standard InChI is InChI=1S/C18H17NO4/c20-17(21)15-9-8-14-7-4-10-19(16(14)11-15)18(22)23-12-13-5-2-1-3-6-13/h1-3,5-6,8-9,11H,4,7,10,12H2,(H,20,21). The van der Waals surface area contributed by atoms with Gasteiger partial charge in [0.2, 0.25) is 0 Å². The number of hydrogen-bond donors (Lipinski definition) is 1. The zero-order valence-electron chi connectivity index (χ0n) is 12.6. The summed E-state index contributed by atoms with van der Waals surface area (Å²) in [7, 11) is 0. The predicted octanol–water partition coefficient (Wildman–Crippen LogP) is 3.47. The molecule has 0 aliphatic carbocycles. The van der Waals surface area contributed by atoms with Crippen molar-refractivity contribution >= 4 is 17.7 Å². The first kappa shape index (κ1) is 15.1. The summed E-state index contributed by atoms with van der Waals surface area (Å²) in [5, 5.41) is 9.13. The number of nitrogens with zero attached hydrogens (tertiary/aromatic N) is 1. The van der Waals surface area contributed by atoms with Crippen LogP contribution in [0.2, 0.25) is 0 Å². The maximum absolute atomic E-state index is 12.4. The average molecular weight is 311 g/mol. The Labute approximate surface area is 134 Å². The lowest BCUT2D eigenvalue weighted by molar-refractivity contribution is 0.0696. The zero-order valence-corrected chi connectivity index (χ0v) is 12.6. The first-order valence-electron chi connectivity index (χ1n) is 7.49. The Morgan fingerprint density at radius 2 is 1.91 bits per heavy atom. The van der Waals surface area contributed by atoms with Crippen LogP contribution in [0, 0.1) is 0 Å². The number of rotatable bonds is 3. The normalized spacial score (nSPS) is 13.3. The first-order valence-corrected chi connectivity index (χ1v) is 7.49. The highest BCUT2D eigenvalue weighted by molar-refractivity contribution is 5.94. The number of aryl methyl sites for hydroxylation is 1. The van der Waals surface area contributed by atoms with Crippen LogP contribution < -0.4 is 4.90 Å². The molecule has 5 nitrogen and oxygen atoms in total. The van der Waals surface area contributed by atoms with E-state index in [4.69, 9.17) is 9.84 Å². The van der Waals surface area contributed by atoms with Crippen LogP contribution in [-0.2, 0) is 17.8 Å². The van der Waals surface area contributed by atoms with Gasteiger partial charge in [-0.3, -0.25) is 4.90 Å². The van der Waals surface area contributed by atoms with Gasteiger partial charge in [-0.05, 0) is 36.1 Å². The molecule has 1 amide bonds. The Morgan fingerprint density at radius 3 is 2.65 bits per heavy atom. The van der Waals surface area contributed by atoms with Crippen LogP contribution in [0.4, 0.5) is 10.5 Å².